The maximum absolute atomic E-state index is 12.2. The van der Waals surface area contributed by atoms with Gasteiger partial charge in [0.05, 0.1) is 23.8 Å². The number of nitrogens with zero attached hydrogens (tertiary/aromatic N) is 3. The van der Waals surface area contributed by atoms with Crippen LogP contribution in [0.15, 0.2) is 59.1 Å². The second-order valence-corrected chi connectivity index (χ2v) is 6.76. The van der Waals surface area contributed by atoms with Crippen molar-refractivity contribution in [2.75, 3.05) is 0 Å². The topological polar surface area (TPSA) is 79.8 Å². The molecule has 120 valence electrons. The highest BCUT2D eigenvalue weighted by Crippen LogP contribution is 2.11. The molecule has 0 bridgehead atoms. The Morgan fingerprint density at radius 2 is 1.75 bits per heavy atom. The molecule has 3 aromatic rings. The Morgan fingerprint density at radius 1 is 1.00 bits per heavy atom. The summed E-state index contributed by atoms with van der Waals surface area (Å²) in [7, 11) is -1.13. The zero-order valence-corrected chi connectivity index (χ0v) is 13.7. The molecular weight excluding hydrogens is 322 g/mol. The smallest absolute Gasteiger partial charge is 0.231 e. The fourth-order valence-electron chi connectivity index (χ4n) is 2.25. The molecule has 5 nitrogen and oxygen atoms in total. The Balaban J connectivity index is 1.57. The van der Waals surface area contributed by atoms with E-state index in [4.69, 9.17) is 9.78 Å². The Hall–Kier alpha value is -2.78. The van der Waals surface area contributed by atoms with E-state index in [0.717, 1.165) is 11.1 Å². The molecule has 0 N–H and O–H groups in total. The summed E-state index contributed by atoms with van der Waals surface area (Å²) in [6.07, 6.45) is 0.566. The Kier molecular flexibility index (Phi) is 5.14. The first-order chi connectivity index (χ1) is 11.7. The maximum atomic E-state index is 12.2. The van der Waals surface area contributed by atoms with Crippen molar-refractivity contribution >= 4 is 10.8 Å². The van der Waals surface area contributed by atoms with Crippen LogP contribution in [0.5, 0.6) is 0 Å². The van der Waals surface area contributed by atoms with Gasteiger partial charge in [-0.3, -0.25) is 4.21 Å². The van der Waals surface area contributed by atoms with Gasteiger partial charge in [0, 0.05) is 16.6 Å². The molecule has 1 aromatic heterocycles. The molecule has 0 fully saturated rings. The van der Waals surface area contributed by atoms with Crippen LogP contribution in [0.4, 0.5) is 0 Å². The lowest BCUT2D eigenvalue weighted by Crippen LogP contribution is -2.01. The Labute approximate surface area is 142 Å². The molecule has 2 aromatic carbocycles. The molecule has 1 heterocycles. The van der Waals surface area contributed by atoms with Crippen LogP contribution in [0, 0.1) is 11.3 Å². The molecule has 0 amide bonds. The third-order valence-corrected chi connectivity index (χ3v) is 4.64. The first-order valence-corrected chi connectivity index (χ1v) is 8.91. The summed E-state index contributed by atoms with van der Waals surface area (Å²) in [4.78, 5) is 4.30. The first kappa shape index (κ1) is 16.1. The summed E-state index contributed by atoms with van der Waals surface area (Å²) < 4.78 is 17.4. The Bertz CT molecular complexity index is 867. The summed E-state index contributed by atoms with van der Waals surface area (Å²) >= 11 is 0. The van der Waals surface area contributed by atoms with Gasteiger partial charge in [-0.25, -0.2) is 0 Å². The number of benzene rings is 2. The van der Waals surface area contributed by atoms with Gasteiger partial charge in [-0.05, 0) is 23.3 Å². The Morgan fingerprint density at radius 3 is 2.46 bits per heavy atom. The largest absolute Gasteiger partial charge is 0.339 e. The summed E-state index contributed by atoms with van der Waals surface area (Å²) in [6.45, 7) is 0. The van der Waals surface area contributed by atoms with Gasteiger partial charge in [0.15, 0.2) is 5.82 Å². The van der Waals surface area contributed by atoms with Crippen molar-refractivity contribution in [2.45, 2.75) is 17.9 Å². The van der Waals surface area contributed by atoms with E-state index in [1.54, 1.807) is 12.1 Å². The van der Waals surface area contributed by atoms with Gasteiger partial charge in [0.25, 0.3) is 0 Å². The van der Waals surface area contributed by atoms with Crippen molar-refractivity contribution < 1.29 is 8.73 Å². The summed E-state index contributed by atoms with van der Waals surface area (Å²) in [6, 6.07) is 19.0. The minimum Gasteiger partial charge on any atom is -0.339 e. The van der Waals surface area contributed by atoms with Gasteiger partial charge < -0.3 is 4.52 Å². The van der Waals surface area contributed by atoms with Crippen molar-refractivity contribution in [1.82, 2.24) is 10.1 Å². The fourth-order valence-corrected chi connectivity index (χ4v) is 3.32. The lowest BCUT2D eigenvalue weighted by molar-refractivity contribution is 0.381. The molecular formula is C18H15N3O2S. The molecule has 0 radical (unpaired) electrons. The van der Waals surface area contributed by atoms with Crippen molar-refractivity contribution in [3.8, 4) is 6.07 Å². The van der Waals surface area contributed by atoms with Crippen molar-refractivity contribution in [1.29, 1.82) is 5.26 Å². The molecule has 0 saturated carbocycles. The highest BCUT2D eigenvalue weighted by atomic mass is 32.2. The van der Waals surface area contributed by atoms with Gasteiger partial charge >= 0.3 is 0 Å². The third-order valence-electron chi connectivity index (χ3n) is 3.41. The second kappa shape index (κ2) is 7.66. The quantitative estimate of drug-likeness (QED) is 0.691. The normalized spacial score (nSPS) is 11.8. The van der Waals surface area contributed by atoms with E-state index in [-0.39, 0.29) is 5.75 Å². The maximum Gasteiger partial charge on any atom is 0.231 e. The van der Waals surface area contributed by atoms with Gasteiger partial charge in [-0.1, -0.05) is 47.6 Å². The van der Waals surface area contributed by atoms with E-state index in [1.807, 2.05) is 42.5 Å². The van der Waals surface area contributed by atoms with Gasteiger partial charge in [-0.15, -0.1) is 0 Å². The predicted octanol–water partition coefficient (Wildman–Crippen LogP) is 2.98. The number of rotatable bonds is 6. The summed E-state index contributed by atoms with van der Waals surface area (Å²) in [5.74, 6) is 1.62. The molecule has 0 aliphatic carbocycles. The molecule has 0 saturated heterocycles. The highest BCUT2D eigenvalue weighted by molar-refractivity contribution is 7.83. The van der Waals surface area contributed by atoms with Gasteiger partial charge in [0.1, 0.15) is 0 Å². The van der Waals surface area contributed by atoms with Crippen LogP contribution in [0.1, 0.15) is 28.4 Å². The van der Waals surface area contributed by atoms with Crippen LogP contribution < -0.4 is 0 Å². The molecule has 0 aliphatic rings. The van der Waals surface area contributed by atoms with Crippen LogP contribution in [-0.4, -0.2) is 14.3 Å². The SMILES string of the molecule is N#Cc1ccc(C[S@@](=O)Cc2noc(Cc3ccccc3)n2)cc1. The van der Waals surface area contributed by atoms with E-state index < -0.39 is 10.8 Å². The lowest BCUT2D eigenvalue weighted by Gasteiger charge is -2.00. The first-order valence-electron chi connectivity index (χ1n) is 7.42. The zero-order chi connectivity index (χ0) is 16.8. The highest BCUT2D eigenvalue weighted by Gasteiger charge is 2.11. The van der Waals surface area contributed by atoms with Crippen molar-refractivity contribution in [2.24, 2.45) is 0 Å². The lowest BCUT2D eigenvalue weighted by atomic mass is 10.1. The second-order valence-electron chi connectivity index (χ2n) is 5.30. The van der Waals surface area contributed by atoms with E-state index in [0.29, 0.717) is 29.5 Å². The summed E-state index contributed by atoms with van der Waals surface area (Å²) in [5, 5.41) is 12.7. The van der Waals surface area contributed by atoms with Crippen LogP contribution in [0.2, 0.25) is 0 Å². The molecule has 1 atom stereocenters. The average Bonchev–Trinajstić information content (AvgIpc) is 3.03. The average molecular weight is 337 g/mol. The predicted molar refractivity (Wildman–Crippen MR) is 90.3 cm³/mol. The fraction of sp³-hybridized carbons (Fsp3) is 0.167. The van der Waals surface area contributed by atoms with Crippen LogP contribution >= 0.6 is 0 Å². The molecule has 3 rings (SSSR count). The zero-order valence-electron chi connectivity index (χ0n) is 12.9. The number of nitriles is 1. The van der Waals surface area contributed by atoms with E-state index in [1.165, 1.54) is 0 Å². The van der Waals surface area contributed by atoms with Crippen LogP contribution in [0.3, 0.4) is 0 Å². The van der Waals surface area contributed by atoms with E-state index in [9.17, 15) is 4.21 Å². The number of hydrogen-bond acceptors (Lipinski definition) is 5. The minimum absolute atomic E-state index is 0.248. The van der Waals surface area contributed by atoms with Gasteiger partial charge in [-0.2, -0.15) is 10.2 Å². The van der Waals surface area contributed by atoms with Crippen LogP contribution in [0.25, 0.3) is 0 Å². The standard InChI is InChI=1S/C18H15N3O2S/c19-11-15-6-8-16(9-7-15)12-24(22)13-17-20-18(23-21-17)10-14-4-2-1-3-5-14/h1-9H,10,12-13H2/t24-/m1/s1. The molecule has 0 spiro atoms. The molecule has 0 unspecified atom stereocenters. The molecule has 0 aliphatic heterocycles. The van der Waals surface area contributed by atoms with E-state index >= 15 is 0 Å². The minimum atomic E-state index is -1.13. The number of aromatic nitrogens is 2. The van der Waals surface area contributed by atoms with Gasteiger partial charge in [0.2, 0.25) is 5.89 Å². The van der Waals surface area contributed by atoms with E-state index in [2.05, 4.69) is 16.2 Å². The molecule has 6 heteroatoms. The molecule has 24 heavy (non-hydrogen) atoms. The number of hydrogen-bond donors (Lipinski definition) is 0. The van der Waals surface area contributed by atoms with Crippen molar-refractivity contribution in [3.63, 3.8) is 0 Å². The van der Waals surface area contributed by atoms with Crippen molar-refractivity contribution in [3.05, 3.63) is 83.0 Å². The van der Waals surface area contributed by atoms with Crippen LogP contribution in [-0.2, 0) is 28.7 Å². The summed E-state index contributed by atoms with van der Waals surface area (Å²) in [5.41, 5.74) is 2.60. The third kappa shape index (κ3) is 4.37. The monoisotopic (exact) mass is 337 g/mol.